The van der Waals surface area contributed by atoms with Crippen molar-refractivity contribution in [1.82, 2.24) is 0 Å². The normalized spacial score (nSPS) is 17.9. The number of hydrogen-bond acceptors (Lipinski definition) is 4. The topological polar surface area (TPSA) is 44.8 Å². The first-order valence-electron chi connectivity index (χ1n) is 10.5. The maximum absolute atomic E-state index is 12.5. The smallest absolute Gasteiger partial charge is 0.338 e. The molecule has 0 heterocycles. The van der Waals surface area contributed by atoms with Crippen LogP contribution in [0.3, 0.4) is 0 Å². The van der Waals surface area contributed by atoms with E-state index >= 15 is 0 Å². The summed E-state index contributed by atoms with van der Waals surface area (Å²) >= 11 is 0. The lowest BCUT2D eigenvalue weighted by molar-refractivity contribution is 0.0162. The van der Waals surface area contributed by atoms with E-state index in [0.29, 0.717) is 31.8 Å². The molecule has 0 saturated carbocycles. The number of carbonyl (C=O) groups excluding carboxylic acids is 1. The third-order valence-corrected chi connectivity index (χ3v) is 5.20. The molecule has 3 aromatic carbocycles. The maximum Gasteiger partial charge on any atom is 0.338 e. The van der Waals surface area contributed by atoms with Gasteiger partial charge < -0.3 is 14.2 Å². The van der Waals surface area contributed by atoms with E-state index in [9.17, 15) is 4.79 Å². The fourth-order valence-corrected chi connectivity index (χ4v) is 3.59. The van der Waals surface area contributed by atoms with E-state index in [-0.39, 0.29) is 18.2 Å². The number of rotatable bonds is 9. The van der Waals surface area contributed by atoms with Crippen LogP contribution in [-0.4, -0.2) is 24.8 Å². The van der Waals surface area contributed by atoms with E-state index < -0.39 is 0 Å². The second-order valence-electron chi connectivity index (χ2n) is 7.55. The Morgan fingerprint density at radius 1 is 0.742 bits per heavy atom. The van der Waals surface area contributed by atoms with Crippen LogP contribution in [0, 0.1) is 0 Å². The van der Waals surface area contributed by atoms with Gasteiger partial charge >= 0.3 is 5.97 Å². The average molecular weight is 415 g/mol. The summed E-state index contributed by atoms with van der Waals surface area (Å²) in [6.45, 7) is 1.46. The highest BCUT2D eigenvalue weighted by atomic mass is 16.5. The monoisotopic (exact) mass is 414 g/mol. The fourth-order valence-electron chi connectivity index (χ4n) is 3.59. The highest BCUT2D eigenvalue weighted by Gasteiger charge is 2.30. The van der Waals surface area contributed by atoms with Gasteiger partial charge in [0.25, 0.3) is 0 Å². The Bertz CT molecular complexity index is 984. The minimum absolute atomic E-state index is 0.149. The SMILES string of the molecule is O=C(O[C@H]1C=C(COCc2ccccc2)[C@@H](OCc2ccccc2)C1)c1ccccc1. The Morgan fingerprint density at radius 2 is 1.32 bits per heavy atom. The van der Waals surface area contributed by atoms with Crippen molar-refractivity contribution in [1.29, 1.82) is 0 Å². The molecule has 0 N–H and O–H groups in total. The zero-order chi connectivity index (χ0) is 21.3. The van der Waals surface area contributed by atoms with Gasteiger partial charge in [-0.05, 0) is 34.9 Å². The van der Waals surface area contributed by atoms with E-state index in [2.05, 4.69) is 0 Å². The molecule has 0 unspecified atom stereocenters. The van der Waals surface area contributed by atoms with Crippen molar-refractivity contribution in [3.63, 3.8) is 0 Å². The molecule has 2 atom stereocenters. The molecule has 31 heavy (non-hydrogen) atoms. The van der Waals surface area contributed by atoms with Crippen molar-refractivity contribution in [2.24, 2.45) is 0 Å². The molecule has 158 valence electrons. The van der Waals surface area contributed by atoms with Crippen LogP contribution >= 0.6 is 0 Å². The number of esters is 1. The van der Waals surface area contributed by atoms with Gasteiger partial charge in [0.2, 0.25) is 0 Å². The van der Waals surface area contributed by atoms with E-state index in [1.165, 1.54) is 0 Å². The number of benzene rings is 3. The number of hydrogen-bond donors (Lipinski definition) is 0. The fraction of sp³-hybridized carbons (Fsp3) is 0.222. The molecule has 1 aliphatic rings. The molecule has 0 bridgehead atoms. The molecule has 3 aromatic rings. The molecule has 0 aromatic heterocycles. The van der Waals surface area contributed by atoms with E-state index in [1.807, 2.05) is 84.9 Å². The summed E-state index contributed by atoms with van der Waals surface area (Å²) in [5, 5.41) is 0. The maximum atomic E-state index is 12.5. The molecule has 0 amide bonds. The van der Waals surface area contributed by atoms with Crippen molar-refractivity contribution in [2.75, 3.05) is 6.61 Å². The molecule has 4 rings (SSSR count). The van der Waals surface area contributed by atoms with Gasteiger partial charge in [0, 0.05) is 6.42 Å². The summed E-state index contributed by atoms with van der Waals surface area (Å²) in [5.41, 5.74) is 3.79. The predicted octanol–water partition coefficient (Wildman–Crippen LogP) is 5.34. The molecule has 4 heteroatoms. The van der Waals surface area contributed by atoms with Gasteiger partial charge in [-0.2, -0.15) is 0 Å². The Kier molecular flexibility index (Phi) is 7.27. The van der Waals surface area contributed by atoms with E-state index in [4.69, 9.17) is 14.2 Å². The summed E-state index contributed by atoms with van der Waals surface area (Å²) in [7, 11) is 0. The van der Waals surface area contributed by atoms with Crippen molar-refractivity contribution in [3.8, 4) is 0 Å². The van der Waals surface area contributed by atoms with Gasteiger partial charge in [-0.15, -0.1) is 0 Å². The zero-order valence-corrected chi connectivity index (χ0v) is 17.4. The predicted molar refractivity (Wildman–Crippen MR) is 119 cm³/mol. The Labute approximate surface area is 183 Å². The molecule has 4 nitrogen and oxygen atoms in total. The first kappa shape index (κ1) is 21.0. The van der Waals surface area contributed by atoms with Crippen LogP contribution in [-0.2, 0) is 27.4 Å². The molecule has 0 fully saturated rings. The Hall–Kier alpha value is -3.21. The van der Waals surface area contributed by atoms with Crippen LogP contribution in [0.4, 0.5) is 0 Å². The highest BCUT2D eigenvalue weighted by Crippen LogP contribution is 2.27. The first-order valence-corrected chi connectivity index (χ1v) is 10.5. The summed E-state index contributed by atoms with van der Waals surface area (Å²) in [5.74, 6) is -0.324. The number of carbonyl (C=O) groups is 1. The van der Waals surface area contributed by atoms with Crippen LogP contribution < -0.4 is 0 Å². The van der Waals surface area contributed by atoms with Gasteiger partial charge in [0.15, 0.2) is 0 Å². The second-order valence-corrected chi connectivity index (χ2v) is 7.55. The quantitative estimate of drug-likeness (QED) is 0.350. The molecular formula is C27H26O4. The molecule has 0 aliphatic heterocycles. The van der Waals surface area contributed by atoms with Gasteiger partial charge in [0.05, 0.1) is 31.5 Å². The summed E-state index contributed by atoms with van der Waals surface area (Å²) in [6.07, 6.45) is 2.09. The molecule has 0 saturated heterocycles. The van der Waals surface area contributed by atoms with Crippen LogP contribution in [0.1, 0.15) is 27.9 Å². The number of ether oxygens (including phenoxy) is 3. The Morgan fingerprint density at radius 3 is 1.97 bits per heavy atom. The van der Waals surface area contributed by atoms with E-state index in [1.54, 1.807) is 12.1 Å². The minimum atomic E-state index is -0.330. The van der Waals surface area contributed by atoms with Crippen LogP contribution in [0.25, 0.3) is 0 Å². The largest absolute Gasteiger partial charge is 0.454 e. The zero-order valence-electron chi connectivity index (χ0n) is 17.4. The standard InChI is InChI=1S/C27H26O4/c28-27(23-14-8-3-9-15-23)31-25-16-24(20-29-18-21-10-4-1-5-11-21)26(17-25)30-19-22-12-6-2-7-13-22/h1-16,25-26H,17-20H2/t25-,26-/m0/s1. The summed E-state index contributed by atoms with van der Waals surface area (Å²) in [6, 6.07) is 29.2. The molecular weight excluding hydrogens is 388 g/mol. The molecule has 0 spiro atoms. The average Bonchev–Trinajstić information content (AvgIpc) is 3.21. The van der Waals surface area contributed by atoms with Crippen molar-refractivity contribution >= 4 is 5.97 Å². The minimum Gasteiger partial charge on any atom is -0.454 e. The molecule has 0 radical (unpaired) electrons. The van der Waals surface area contributed by atoms with Gasteiger partial charge in [-0.25, -0.2) is 4.79 Å². The van der Waals surface area contributed by atoms with Crippen molar-refractivity contribution in [3.05, 3.63) is 119 Å². The van der Waals surface area contributed by atoms with Gasteiger partial charge in [-0.3, -0.25) is 0 Å². The lowest BCUT2D eigenvalue weighted by Crippen LogP contribution is -2.20. The lowest BCUT2D eigenvalue weighted by atomic mass is 10.2. The summed E-state index contributed by atoms with van der Waals surface area (Å²) in [4.78, 5) is 12.5. The van der Waals surface area contributed by atoms with E-state index in [0.717, 1.165) is 16.7 Å². The van der Waals surface area contributed by atoms with Gasteiger partial charge in [0.1, 0.15) is 6.10 Å². The van der Waals surface area contributed by atoms with Crippen LogP contribution in [0.5, 0.6) is 0 Å². The third kappa shape index (κ3) is 6.14. The second kappa shape index (κ2) is 10.7. The van der Waals surface area contributed by atoms with Gasteiger partial charge in [-0.1, -0.05) is 78.9 Å². The molecule has 1 aliphatic carbocycles. The third-order valence-electron chi connectivity index (χ3n) is 5.20. The first-order chi connectivity index (χ1) is 15.3. The Balaban J connectivity index is 1.38. The highest BCUT2D eigenvalue weighted by molar-refractivity contribution is 5.89. The van der Waals surface area contributed by atoms with Crippen LogP contribution in [0.15, 0.2) is 103 Å². The van der Waals surface area contributed by atoms with Crippen LogP contribution in [0.2, 0.25) is 0 Å². The summed E-state index contributed by atoms with van der Waals surface area (Å²) < 4.78 is 17.8. The lowest BCUT2D eigenvalue weighted by Gasteiger charge is -2.17. The van der Waals surface area contributed by atoms with Crippen molar-refractivity contribution in [2.45, 2.75) is 31.8 Å². The van der Waals surface area contributed by atoms with Crippen molar-refractivity contribution < 1.29 is 19.0 Å².